The van der Waals surface area contributed by atoms with E-state index in [0.717, 1.165) is 0 Å². The van der Waals surface area contributed by atoms with Gasteiger partial charge in [0.1, 0.15) is 10.9 Å². The molecular formula is C13H16Cl2N2O3S. The summed E-state index contributed by atoms with van der Waals surface area (Å²) in [5.74, 6) is -0.228. The number of rotatable bonds is 3. The Labute approximate surface area is 134 Å². The maximum Gasteiger partial charge on any atom is 0.245 e. The molecule has 2 rings (SSSR count). The molecule has 1 saturated heterocycles. The molecule has 0 spiro atoms. The van der Waals surface area contributed by atoms with Crippen LogP contribution in [0.2, 0.25) is 10.0 Å². The van der Waals surface area contributed by atoms with Crippen molar-refractivity contribution < 1.29 is 13.2 Å². The van der Waals surface area contributed by atoms with Crippen LogP contribution in [0.5, 0.6) is 0 Å². The fourth-order valence-corrected chi connectivity index (χ4v) is 4.76. The third kappa shape index (κ3) is 3.18. The summed E-state index contributed by atoms with van der Waals surface area (Å²) in [6, 6.07) is 3.60. The molecule has 0 radical (unpaired) electrons. The van der Waals surface area contributed by atoms with E-state index in [1.165, 1.54) is 27.4 Å². The summed E-state index contributed by atoms with van der Waals surface area (Å²) in [5.41, 5.74) is 0. The summed E-state index contributed by atoms with van der Waals surface area (Å²) in [7, 11) is -0.632. The predicted octanol–water partition coefficient (Wildman–Crippen LogP) is 2.23. The van der Waals surface area contributed by atoms with Gasteiger partial charge < -0.3 is 4.90 Å². The summed E-state index contributed by atoms with van der Waals surface area (Å²) in [5, 5.41) is 0.384. The molecule has 0 aliphatic carbocycles. The molecule has 1 fully saturated rings. The first-order valence-corrected chi connectivity index (χ1v) is 8.63. The molecule has 1 unspecified atom stereocenters. The topological polar surface area (TPSA) is 57.7 Å². The van der Waals surface area contributed by atoms with Crippen LogP contribution in [0.1, 0.15) is 12.8 Å². The van der Waals surface area contributed by atoms with E-state index in [1.807, 2.05) is 0 Å². The molecule has 1 aromatic carbocycles. The fourth-order valence-electron chi connectivity index (χ4n) is 2.37. The maximum atomic E-state index is 12.8. The van der Waals surface area contributed by atoms with Crippen LogP contribution >= 0.6 is 23.2 Å². The van der Waals surface area contributed by atoms with E-state index in [2.05, 4.69) is 0 Å². The largest absolute Gasteiger partial charge is 0.347 e. The number of carbonyl (C=O) groups excluding carboxylic acids is 1. The van der Waals surface area contributed by atoms with Crippen LogP contribution in [-0.2, 0) is 14.8 Å². The number of benzene rings is 1. The molecule has 1 atom stereocenters. The van der Waals surface area contributed by atoms with Gasteiger partial charge in [-0.2, -0.15) is 4.31 Å². The van der Waals surface area contributed by atoms with Crippen molar-refractivity contribution in [2.45, 2.75) is 23.8 Å². The smallest absolute Gasteiger partial charge is 0.245 e. The molecule has 1 aliphatic rings. The zero-order valence-corrected chi connectivity index (χ0v) is 14.0. The Morgan fingerprint density at radius 2 is 2.00 bits per heavy atom. The summed E-state index contributed by atoms with van der Waals surface area (Å²) in [6.45, 7) is 0.301. The Morgan fingerprint density at radius 3 is 2.62 bits per heavy atom. The Hall–Kier alpha value is -0.820. The van der Waals surface area contributed by atoms with Crippen LogP contribution in [0.25, 0.3) is 0 Å². The van der Waals surface area contributed by atoms with E-state index in [0.29, 0.717) is 19.4 Å². The molecule has 1 heterocycles. The van der Waals surface area contributed by atoms with Crippen molar-refractivity contribution in [3.05, 3.63) is 28.2 Å². The van der Waals surface area contributed by atoms with E-state index < -0.39 is 16.1 Å². The van der Waals surface area contributed by atoms with Crippen LogP contribution in [-0.4, -0.2) is 50.2 Å². The van der Waals surface area contributed by atoms with Crippen molar-refractivity contribution in [1.29, 1.82) is 0 Å². The highest BCUT2D eigenvalue weighted by Gasteiger charge is 2.40. The van der Waals surface area contributed by atoms with Gasteiger partial charge in [0.15, 0.2) is 0 Å². The number of nitrogens with zero attached hydrogens (tertiary/aromatic N) is 2. The van der Waals surface area contributed by atoms with E-state index in [4.69, 9.17) is 23.2 Å². The Balaban J connectivity index is 2.43. The van der Waals surface area contributed by atoms with Gasteiger partial charge in [-0.05, 0) is 31.0 Å². The molecule has 21 heavy (non-hydrogen) atoms. The van der Waals surface area contributed by atoms with Crippen molar-refractivity contribution >= 4 is 39.1 Å². The molecule has 0 N–H and O–H groups in total. The molecular weight excluding hydrogens is 335 g/mol. The fraction of sp³-hybridized carbons (Fsp3) is 0.462. The van der Waals surface area contributed by atoms with Gasteiger partial charge in [-0.3, -0.25) is 4.79 Å². The molecule has 1 aliphatic heterocycles. The van der Waals surface area contributed by atoms with Gasteiger partial charge in [0.2, 0.25) is 15.9 Å². The Bertz CT molecular complexity index is 661. The van der Waals surface area contributed by atoms with Gasteiger partial charge in [-0.25, -0.2) is 8.42 Å². The number of amides is 1. The van der Waals surface area contributed by atoms with Gasteiger partial charge in [0, 0.05) is 25.7 Å². The van der Waals surface area contributed by atoms with Gasteiger partial charge in [0.05, 0.1) is 5.02 Å². The van der Waals surface area contributed by atoms with Crippen molar-refractivity contribution in [2.24, 2.45) is 0 Å². The molecule has 0 aromatic heterocycles. The third-order valence-electron chi connectivity index (χ3n) is 3.41. The first-order chi connectivity index (χ1) is 9.75. The quantitative estimate of drug-likeness (QED) is 0.839. The average Bonchev–Trinajstić information content (AvgIpc) is 2.90. The van der Waals surface area contributed by atoms with Crippen LogP contribution in [0.15, 0.2) is 23.1 Å². The molecule has 116 valence electrons. The lowest BCUT2D eigenvalue weighted by Gasteiger charge is -2.26. The second-order valence-electron chi connectivity index (χ2n) is 5.08. The number of carbonyl (C=O) groups is 1. The second-order valence-corrected chi connectivity index (χ2v) is 7.78. The predicted molar refractivity (Wildman–Crippen MR) is 82.1 cm³/mol. The first-order valence-electron chi connectivity index (χ1n) is 6.43. The van der Waals surface area contributed by atoms with Gasteiger partial charge in [-0.15, -0.1) is 0 Å². The lowest BCUT2D eigenvalue weighted by molar-refractivity contribution is -0.132. The van der Waals surface area contributed by atoms with Crippen molar-refractivity contribution in [2.75, 3.05) is 20.6 Å². The minimum absolute atomic E-state index is 0.0601. The average molecular weight is 351 g/mol. The highest BCUT2D eigenvalue weighted by Crippen LogP contribution is 2.32. The van der Waals surface area contributed by atoms with E-state index >= 15 is 0 Å². The molecule has 0 bridgehead atoms. The van der Waals surface area contributed by atoms with E-state index in [-0.39, 0.29) is 20.8 Å². The lowest BCUT2D eigenvalue weighted by Crippen LogP contribution is -2.45. The maximum absolute atomic E-state index is 12.8. The normalized spacial score (nSPS) is 19.7. The van der Waals surface area contributed by atoms with Crippen LogP contribution in [0.4, 0.5) is 0 Å². The summed E-state index contributed by atoms with van der Waals surface area (Å²) >= 11 is 11.9. The van der Waals surface area contributed by atoms with Crippen molar-refractivity contribution in [1.82, 2.24) is 9.21 Å². The van der Waals surface area contributed by atoms with Crippen LogP contribution in [0.3, 0.4) is 0 Å². The van der Waals surface area contributed by atoms with Crippen molar-refractivity contribution in [3.8, 4) is 0 Å². The van der Waals surface area contributed by atoms with Crippen LogP contribution in [0, 0.1) is 0 Å². The molecule has 1 aromatic rings. The number of hydrogen-bond donors (Lipinski definition) is 0. The van der Waals surface area contributed by atoms with Gasteiger partial charge >= 0.3 is 0 Å². The standard InChI is InChI=1S/C13H16Cl2N2O3S/c1-16(2)13(18)11-4-3-7-17(11)21(19,20)12-8-9(14)5-6-10(12)15/h5-6,8,11H,3-4,7H2,1-2H3. The summed E-state index contributed by atoms with van der Waals surface area (Å²) in [4.78, 5) is 13.5. The molecule has 5 nitrogen and oxygen atoms in total. The number of halogens is 2. The van der Waals surface area contributed by atoms with Crippen molar-refractivity contribution in [3.63, 3.8) is 0 Å². The number of likely N-dealkylation sites (N-methyl/N-ethyl adjacent to an activating group) is 1. The van der Waals surface area contributed by atoms with E-state index in [1.54, 1.807) is 14.1 Å². The first kappa shape index (κ1) is 16.5. The molecule has 8 heteroatoms. The lowest BCUT2D eigenvalue weighted by atomic mass is 10.2. The zero-order valence-electron chi connectivity index (χ0n) is 11.7. The molecule has 0 saturated carbocycles. The Kier molecular flexibility index (Phi) is 4.82. The zero-order chi connectivity index (χ0) is 15.8. The minimum Gasteiger partial charge on any atom is -0.347 e. The summed E-state index contributed by atoms with van der Waals surface area (Å²) < 4.78 is 26.7. The third-order valence-corrected chi connectivity index (χ3v) is 6.03. The highest BCUT2D eigenvalue weighted by atomic mass is 35.5. The van der Waals surface area contributed by atoms with Crippen LogP contribution < -0.4 is 0 Å². The Morgan fingerprint density at radius 1 is 1.33 bits per heavy atom. The SMILES string of the molecule is CN(C)C(=O)C1CCCN1S(=O)(=O)c1cc(Cl)ccc1Cl. The van der Waals surface area contributed by atoms with E-state index in [9.17, 15) is 13.2 Å². The second kappa shape index (κ2) is 6.12. The molecule has 1 amide bonds. The number of hydrogen-bond acceptors (Lipinski definition) is 3. The minimum atomic E-state index is -3.85. The number of sulfonamides is 1. The highest BCUT2D eigenvalue weighted by molar-refractivity contribution is 7.89. The monoisotopic (exact) mass is 350 g/mol. The summed E-state index contributed by atoms with van der Waals surface area (Å²) in [6.07, 6.45) is 1.15. The van der Waals surface area contributed by atoms with Gasteiger partial charge in [0.25, 0.3) is 0 Å². The van der Waals surface area contributed by atoms with Gasteiger partial charge in [-0.1, -0.05) is 23.2 Å².